The van der Waals surface area contributed by atoms with Crippen LogP contribution in [0.25, 0.3) is 0 Å². The van der Waals surface area contributed by atoms with E-state index in [1.165, 1.54) is 0 Å². The van der Waals surface area contributed by atoms with Gasteiger partial charge < -0.3 is 20.4 Å². The maximum atomic E-state index is 11.0. The molecule has 136 valence electrons. The Morgan fingerprint density at radius 1 is 1.08 bits per heavy atom. The second-order valence-electron chi connectivity index (χ2n) is 9.63. The van der Waals surface area contributed by atoms with E-state index >= 15 is 0 Å². The monoisotopic (exact) mass is 336 g/mol. The summed E-state index contributed by atoms with van der Waals surface area (Å²) in [7, 11) is 0. The number of aliphatic hydroxyl groups is 4. The van der Waals surface area contributed by atoms with Gasteiger partial charge in [-0.15, -0.1) is 0 Å². The van der Waals surface area contributed by atoms with Crippen molar-refractivity contribution < 1.29 is 20.4 Å². The van der Waals surface area contributed by atoms with Crippen LogP contribution in [0, 0.1) is 28.1 Å². The predicted molar refractivity (Wildman–Crippen MR) is 91.2 cm³/mol. The lowest BCUT2D eigenvalue weighted by atomic mass is 9.41. The van der Waals surface area contributed by atoms with Crippen molar-refractivity contribution in [2.75, 3.05) is 13.2 Å². The molecule has 4 aliphatic rings. The van der Waals surface area contributed by atoms with Gasteiger partial charge in [0.1, 0.15) is 0 Å². The van der Waals surface area contributed by atoms with Crippen molar-refractivity contribution in [3.8, 4) is 0 Å². The first-order valence-corrected chi connectivity index (χ1v) is 9.59. The van der Waals surface area contributed by atoms with Gasteiger partial charge in [-0.2, -0.15) is 0 Å². The third kappa shape index (κ3) is 1.78. The smallest absolute Gasteiger partial charge is 0.0933 e. The first-order chi connectivity index (χ1) is 11.3. The Morgan fingerprint density at radius 2 is 1.83 bits per heavy atom. The highest BCUT2D eigenvalue weighted by atomic mass is 16.3. The lowest BCUT2D eigenvalue weighted by Crippen LogP contribution is -2.57. The zero-order chi connectivity index (χ0) is 17.4. The van der Waals surface area contributed by atoms with Crippen LogP contribution in [0.4, 0.5) is 0 Å². The molecule has 4 heteroatoms. The third-order valence-electron chi connectivity index (χ3n) is 8.85. The Hall–Kier alpha value is -0.420. The minimum Gasteiger partial charge on any atom is -0.396 e. The first-order valence-electron chi connectivity index (χ1n) is 9.59. The summed E-state index contributed by atoms with van der Waals surface area (Å²) in [5, 5.41) is 41.6. The molecule has 7 unspecified atom stereocenters. The lowest BCUT2D eigenvalue weighted by molar-refractivity contribution is -0.155. The van der Waals surface area contributed by atoms with Gasteiger partial charge in [0, 0.05) is 17.9 Å². The van der Waals surface area contributed by atoms with E-state index in [4.69, 9.17) is 0 Å². The molecule has 0 heterocycles. The van der Waals surface area contributed by atoms with Crippen LogP contribution in [0.1, 0.15) is 58.8 Å². The molecular formula is C20H32O4. The minimum atomic E-state index is -1.15. The molecule has 0 aromatic heterocycles. The normalized spacial score (nSPS) is 56.4. The lowest BCUT2D eigenvalue weighted by Gasteiger charge is -2.63. The van der Waals surface area contributed by atoms with Crippen LogP contribution in [-0.4, -0.2) is 45.3 Å². The largest absolute Gasteiger partial charge is 0.396 e. The molecule has 4 rings (SSSR count). The predicted octanol–water partition coefficient (Wildman–Crippen LogP) is 2.01. The van der Waals surface area contributed by atoms with Gasteiger partial charge in [0.15, 0.2) is 0 Å². The molecule has 2 bridgehead atoms. The number of allylic oxidation sites excluding steroid dienone is 1. The molecule has 24 heavy (non-hydrogen) atoms. The van der Waals surface area contributed by atoms with Gasteiger partial charge in [-0.25, -0.2) is 0 Å². The molecule has 4 aliphatic carbocycles. The van der Waals surface area contributed by atoms with Crippen LogP contribution in [0.15, 0.2) is 11.6 Å². The van der Waals surface area contributed by atoms with Crippen molar-refractivity contribution in [3.05, 3.63) is 11.6 Å². The van der Waals surface area contributed by atoms with Crippen LogP contribution in [0.5, 0.6) is 0 Å². The van der Waals surface area contributed by atoms with Gasteiger partial charge in [-0.3, -0.25) is 0 Å². The molecule has 7 atom stereocenters. The second-order valence-corrected chi connectivity index (χ2v) is 9.63. The standard InChI is InChI=1S/C20H32O4/c1-17(11-21)6-3-7-18(2)15(17)5-4-13-16(23)14-10-19(13,18)8-9-20(14,24)12-22/h4,14-16,21-24H,3,5-12H2,1-2H3. The zero-order valence-corrected chi connectivity index (χ0v) is 15.0. The average molecular weight is 336 g/mol. The molecule has 1 spiro atoms. The molecule has 4 N–H and O–H groups in total. The van der Waals surface area contributed by atoms with Crippen LogP contribution in [0.3, 0.4) is 0 Å². The van der Waals surface area contributed by atoms with Crippen molar-refractivity contribution in [1.82, 2.24) is 0 Å². The fourth-order valence-corrected chi connectivity index (χ4v) is 7.34. The topological polar surface area (TPSA) is 80.9 Å². The number of aliphatic hydroxyl groups excluding tert-OH is 3. The number of hydrogen-bond donors (Lipinski definition) is 4. The maximum absolute atomic E-state index is 11.0. The molecular weight excluding hydrogens is 304 g/mol. The molecule has 0 amide bonds. The highest BCUT2D eigenvalue weighted by Gasteiger charge is 2.69. The Bertz CT molecular complexity index is 574. The summed E-state index contributed by atoms with van der Waals surface area (Å²) >= 11 is 0. The molecule has 3 fully saturated rings. The van der Waals surface area contributed by atoms with Gasteiger partial charge in [-0.1, -0.05) is 26.3 Å². The van der Waals surface area contributed by atoms with E-state index in [0.717, 1.165) is 44.1 Å². The van der Waals surface area contributed by atoms with Crippen molar-refractivity contribution in [2.45, 2.75) is 70.5 Å². The van der Waals surface area contributed by atoms with E-state index in [2.05, 4.69) is 19.9 Å². The highest BCUT2D eigenvalue weighted by molar-refractivity contribution is 5.37. The highest BCUT2D eigenvalue weighted by Crippen LogP contribution is 2.73. The SMILES string of the molecule is CC1(CO)CCCC2(C)C1CC=C1C(O)C3CC12CCC3(O)CO. The van der Waals surface area contributed by atoms with Crippen LogP contribution >= 0.6 is 0 Å². The van der Waals surface area contributed by atoms with E-state index < -0.39 is 11.7 Å². The van der Waals surface area contributed by atoms with Crippen LogP contribution in [-0.2, 0) is 0 Å². The Balaban J connectivity index is 1.82. The van der Waals surface area contributed by atoms with Crippen molar-refractivity contribution >= 4 is 0 Å². The summed E-state index contributed by atoms with van der Waals surface area (Å²) in [5.41, 5.74) is -0.100. The van der Waals surface area contributed by atoms with Crippen molar-refractivity contribution in [2.24, 2.45) is 28.1 Å². The van der Waals surface area contributed by atoms with E-state index in [1.54, 1.807) is 0 Å². The molecule has 0 radical (unpaired) electrons. The number of rotatable bonds is 2. The molecule has 4 nitrogen and oxygen atoms in total. The van der Waals surface area contributed by atoms with Gasteiger partial charge >= 0.3 is 0 Å². The van der Waals surface area contributed by atoms with Gasteiger partial charge in [0.2, 0.25) is 0 Å². The number of hydrogen-bond acceptors (Lipinski definition) is 4. The van der Waals surface area contributed by atoms with Gasteiger partial charge in [-0.05, 0) is 60.8 Å². The molecule has 0 aliphatic heterocycles. The summed E-state index contributed by atoms with van der Waals surface area (Å²) in [4.78, 5) is 0. The zero-order valence-electron chi connectivity index (χ0n) is 15.0. The van der Waals surface area contributed by atoms with E-state index in [-0.39, 0.29) is 35.4 Å². The summed E-state index contributed by atoms with van der Waals surface area (Å²) in [6, 6.07) is 0. The van der Waals surface area contributed by atoms with Gasteiger partial charge in [0.05, 0.1) is 18.3 Å². The van der Waals surface area contributed by atoms with E-state index in [9.17, 15) is 20.4 Å². The molecule has 0 aromatic rings. The molecule has 0 aromatic carbocycles. The summed E-state index contributed by atoms with van der Waals surface area (Å²) in [6.45, 7) is 4.54. The maximum Gasteiger partial charge on any atom is 0.0933 e. The molecule has 3 saturated carbocycles. The summed E-state index contributed by atoms with van der Waals surface area (Å²) < 4.78 is 0. The van der Waals surface area contributed by atoms with Crippen molar-refractivity contribution in [1.29, 1.82) is 0 Å². The first kappa shape index (κ1) is 17.0. The second kappa shape index (κ2) is 5.06. The fourth-order valence-electron chi connectivity index (χ4n) is 7.34. The third-order valence-corrected chi connectivity index (χ3v) is 8.85. The number of fused-ring (bicyclic) bond motifs is 2. The Kier molecular flexibility index (Phi) is 3.59. The average Bonchev–Trinajstić information content (AvgIpc) is 2.84. The Morgan fingerprint density at radius 3 is 2.50 bits per heavy atom. The van der Waals surface area contributed by atoms with Gasteiger partial charge in [0.25, 0.3) is 0 Å². The van der Waals surface area contributed by atoms with E-state index in [1.807, 2.05) is 0 Å². The van der Waals surface area contributed by atoms with Crippen LogP contribution < -0.4 is 0 Å². The summed E-state index contributed by atoms with van der Waals surface area (Å²) in [6.07, 6.45) is 7.96. The Labute approximate surface area is 144 Å². The summed E-state index contributed by atoms with van der Waals surface area (Å²) in [5.74, 6) is 0.152. The quantitative estimate of drug-likeness (QED) is 0.582. The minimum absolute atomic E-state index is 0.0549. The molecule has 0 saturated heterocycles. The fraction of sp³-hybridized carbons (Fsp3) is 0.900. The van der Waals surface area contributed by atoms with Crippen molar-refractivity contribution in [3.63, 3.8) is 0 Å². The van der Waals surface area contributed by atoms with E-state index in [0.29, 0.717) is 12.3 Å². The van der Waals surface area contributed by atoms with Crippen LogP contribution in [0.2, 0.25) is 0 Å².